The zero-order chi connectivity index (χ0) is 16.7. The Morgan fingerprint density at radius 2 is 1.65 bits per heavy atom. The van der Waals surface area contributed by atoms with Crippen LogP contribution in [0.2, 0.25) is 0 Å². The number of nitrogens with one attached hydrogen (secondary N) is 2. The molecule has 0 heterocycles. The zero-order valence-electron chi connectivity index (χ0n) is 14.2. The molecule has 2 rings (SSSR count). The second-order valence-corrected chi connectivity index (χ2v) is 6.87. The quantitative estimate of drug-likeness (QED) is 0.543. The smallest absolute Gasteiger partial charge is 0.235 e. The first-order valence-corrected chi connectivity index (χ1v) is 8.65. The molecule has 4 heteroatoms. The van der Waals surface area contributed by atoms with Crippen LogP contribution >= 0.6 is 0 Å². The first-order valence-electron chi connectivity index (χ1n) is 8.65. The van der Waals surface area contributed by atoms with Crippen molar-refractivity contribution in [2.75, 3.05) is 13.1 Å². The summed E-state index contributed by atoms with van der Waals surface area (Å²) < 4.78 is 0. The Morgan fingerprint density at radius 3 is 2.22 bits per heavy atom. The number of hydrogen-bond donors (Lipinski definition) is 2. The molecule has 0 aromatic heterocycles. The van der Waals surface area contributed by atoms with Crippen molar-refractivity contribution in [2.45, 2.75) is 46.0 Å². The molecule has 0 unspecified atom stereocenters. The summed E-state index contributed by atoms with van der Waals surface area (Å²) in [6.45, 7) is 5.52. The summed E-state index contributed by atoms with van der Waals surface area (Å²) in [4.78, 5) is 24.5. The molecule has 0 aliphatic heterocycles. The fourth-order valence-electron chi connectivity index (χ4n) is 2.63. The molecule has 1 aliphatic rings. The van der Waals surface area contributed by atoms with Crippen molar-refractivity contribution in [3.05, 3.63) is 35.9 Å². The Hall–Kier alpha value is -1.84. The maximum Gasteiger partial charge on any atom is 0.235 e. The number of aryl methyl sites for hydroxylation is 1. The lowest BCUT2D eigenvalue weighted by Crippen LogP contribution is -2.43. The zero-order valence-corrected chi connectivity index (χ0v) is 14.2. The van der Waals surface area contributed by atoms with E-state index in [1.165, 1.54) is 5.56 Å². The van der Waals surface area contributed by atoms with Crippen LogP contribution in [0.1, 0.15) is 45.1 Å². The Labute approximate surface area is 139 Å². The molecule has 1 aromatic carbocycles. The molecule has 4 nitrogen and oxygen atoms in total. The van der Waals surface area contributed by atoms with Crippen LogP contribution in [0.25, 0.3) is 0 Å². The highest BCUT2D eigenvalue weighted by molar-refractivity contribution is 6.07. The summed E-state index contributed by atoms with van der Waals surface area (Å²) >= 11 is 0. The molecule has 1 fully saturated rings. The van der Waals surface area contributed by atoms with Gasteiger partial charge in [0.1, 0.15) is 5.41 Å². The second-order valence-electron chi connectivity index (χ2n) is 6.87. The van der Waals surface area contributed by atoms with Crippen LogP contribution in [0.5, 0.6) is 0 Å². The number of carbonyl (C=O) groups excluding carboxylic acids is 2. The molecule has 0 spiro atoms. The minimum atomic E-state index is -0.788. The van der Waals surface area contributed by atoms with Crippen molar-refractivity contribution in [2.24, 2.45) is 11.3 Å². The molecule has 23 heavy (non-hydrogen) atoms. The van der Waals surface area contributed by atoms with E-state index < -0.39 is 5.41 Å². The molecule has 0 radical (unpaired) electrons. The monoisotopic (exact) mass is 316 g/mol. The number of hydrogen-bond acceptors (Lipinski definition) is 2. The Balaban J connectivity index is 1.69. The van der Waals surface area contributed by atoms with E-state index >= 15 is 0 Å². The summed E-state index contributed by atoms with van der Waals surface area (Å²) in [6.07, 6.45) is 4.12. The van der Waals surface area contributed by atoms with Gasteiger partial charge in [0.05, 0.1) is 0 Å². The first-order chi connectivity index (χ1) is 11.0. The van der Waals surface area contributed by atoms with E-state index in [0.717, 1.165) is 19.3 Å². The molecule has 1 aromatic rings. The Morgan fingerprint density at radius 1 is 1.04 bits per heavy atom. The maximum absolute atomic E-state index is 12.3. The predicted octanol–water partition coefficient (Wildman–Crippen LogP) is 2.68. The van der Waals surface area contributed by atoms with Crippen molar-refractivity contribution in [3.8, 4) is 0 Å². The predicted molar refractivity (Wildman–Crippen MR) is 91.9 cm³/mol. The van der Waals surface area contributed by atoms with Gasteiger partial charge >= 0.3 is 0 Å². The summed E-state index contributed by atoms with van der Waals surface area (Å²) in [5, 5.41) is 5.85. The molecule has 0 saturated heterocycles. The highest BCUT2D eigenvalue weighted by atomic mass is 16.2. The largest absolute Gasteiger partial charge is 0.355 e. The molecular weight excluding hydrogens is 288 g/mol. The molecule has 126 valence electrons. The van der Waals surface area contributed by atoms with Crippen molar-refractivity contribution in [1.82, 2.24) is 10.6 Å². The van der Waals surface area contributed by atoms with Gasteiger partial charge in [0, 0.05) is 13.1 Å². The molecule has 2 amide bonds. The van der Waals surface area contributed by atoms with E-state index in [2.05, 4.69) is 36.6 Å². The van der Waals surface area contributed by atoms with Gasteiger partial charge in [0.2, 0.25) is 11.8 Å². The number of carbonyl (C=O) groups is 2. The summed E-state index contributed by atoms with van der Waals surface area (Å²) in [5.74, 6) is 0.351. The van der Waals surface area contributed by atoms with Crippen molar-refractivity contribution in [3.63, 3.8) is 0 Å². The Bertz CT molecular complexity index is 521. The van der Waals surface area contributed by atoms with Crippen molar-refractivity contribution < 1.29 is 9.59 Å². The molecule has 0 atom stereocenters. The van der Waals surface area contributed by atoms with E-state index in [1.807, 2.05) is 18.2 Å². The third-order valence-electron chi connectivity index (χ3n) is 4.40. The van der Waals surface area contributed by atoms with Crippen molar-refractivity contribution >= 4 is 11.8 Å². The van der Waals surface area contributed by atoms with E-state index in [0.29, 0.717) is 31.8 Å². The van der Waals surface area contributed by atoms with Crippen LogP contribution < -0.4 is 10.6 Å². The summed E-state index contributed by atoms with van der Waals surface area (Å²) in [7, 11) is 0. The van der Waals surface area contributed by atoms with Gasteiger partial charge in [-0.2, -0.15) is 0 Å². The summed E-state index contributed by atoms with van der Waals surface area (Å²) in [6, 6.07) is 10.2. The van der Waals surface area contributed by atoms with Crippen LogP contribution in [0.4, 0.5) is 0 Å². The van der Waals surface area contributed by atoms with Crippen LogP contribution in [0.15, 0.2) is 30.3 Å². The van der Waals surface area contributed by atoms with Gasteiger partial charge in [-0.1, -0.05) is 44.2 Å². The van der Waals surface area contributed by atoms with E-state index in [4.69, 9.17) is 0 Å². The number of benzene rings is 1. The number of rotatable bonds is 9. The maximum atomic E-state index is 12.3. The SMILES string of the molecule is CC(C)CCNC(=O)C1(C(=O)NCCCc2ccccc2)CC1. The summed E-state index contributed by atoms with van der Waals surface area (Å²) in [5.41, 5.74) is 0.485. The van der Waals surface area contributed by atoms with E-state index in [1.54, 1.807) is 0 Å². The van der Waals surface area contributed by atoms with Crippen LogP contribution in [0.3, 0.4) is 0 Å². The number of amides is 2. The lowest BCUT2D eigenvalue weighted by atomic mass is 10.0. The molecule has 1 aliphatic carbocycles. The molecular formula is C19H28N2O2. The van der Waals surface area contributed by atoms with E-state index in [-0.39, 0.29) is 11.8 Å². The van der Waals surface area contributed by atoms with Gasteiger partial charge in [0.25, 0.3) is 0 Å². The van der Waals surface area contributed by atoms with Crippen LogP contribution in [-0.4, -0.2) is 24.9 Å². The highest BCUT2D eigenvalue weighted by Gasteiger charge is 2.56. The van der Waals surface area contributed by atoms with Crippen LogP contribution in [0, 0.1) is 11.3 Å². The van der Waals surface area contributed by atoms with E-state index in [9.17, 15) is 9.59 Å². The standard InChI is InChI=1S/C19H28N2O2/c1-15(2)10-14-21-18(23)19(11-12-19)17(22)20-13-6-9-16-7-4-3-5-8-16/h3-5,7-8,15H,6,9-14H2,1-2H3,(H,20,22)(H,21,23). The third kappa shape index (κ3) is 5.08. The average Bonchev–Trinajstić information content (AvgIpc) is 3.34. The Kier molecular flexibility index (Phi) is 6.20. The lowest BCUT2D eigenvalue weighted by molar-refractivity contribution is -0.137. The molecule has 0 bridgehead atoms. The second kappa shape index (κ2) is 8.14. The minimum absolute atomic E-state index is 0.0984. The highest BCUT2D eigenvalue weighted by Crippen LogP contribution is 2.46. The van der Waals surface area contributed by atoms with Gasteiger partial charge in [0.15, 0.2) is 0 Å². The lowest BCUT2D eigenvalue weighted by Gasteiger charge is -2.16. The fourth-order valence-corrected chi connectivity index (χ4v) is 2.63. The van der Waals surface area contributed by atoms with Gasteiger partial charge in [-0.15, -0.1) is 0 Å². The van der Waals surface area contributed by atoms with Crippen LogP contribution in [-0.2, 0) is 16.0 Å². The average molecular weight is 316 g/mol. The van der Waals surface area contributed by atoms with Gasteiger partial charge in [-0.05, 0) is 43.6 Å². The van der Waals surface area contributed by atoms with Gasteiger partial charge < -0.3 is 10.6 Å². The van der Waals surface area contributed by atoms with Gasteiger partial charge in [-0.25, -0.2) is 0 Å². The third-order valence-corrected chi connectivity index (χ3v) is 4.40. The molecule has 1 saturated carbocycles. The molecule has 2 N–H and O–H groups in total. The van der Waals surface area contributed by atoms with Gasteiger partial charge in [-0.3, -0.25) is 9.59 Å². The fraction of sp³-hybridized carbons (Fsp3) is 0.579. The van der Waals surface area contributed by atoms with Crippen molar-refractivity contribution in [1.29, 1.82) is 0 Å². The topological polar surface area (TPSA) is 58.2 Å². The normalized spacial score (nSPS) is 15.3. The minimum Gasteiger partial charge on any atom is -0.355 e. The first kappa shape index (κ1) is 17.5.